The lowest BCUT2D eigenvalue weighted by molar-refractivity contribution is -0.508. The Morgan fingerprint density at radius 3 is 2.23 bits per heavy atom. The summed E-state index contributed by atoms with van der Waals surface area (Å²) < 4.78 is 1.99. The lowest BCUT2D eigenvalue weighted by Crippen LogP contribution is -2.16. The second kappa shape index (κ2) is 7.35. The van der Waals surface area contributed by atoms with E-state index in [-0.39, 0.29) is 5.41 Å². The molecule has 0 saturated carbocycles. The van der Waals surface area contributed by atoms with Crippen LogP contribution >= 0.6 is 0 Å². The molecule has 0 N–H and O–H groups in total. The van der Waals surface area contributed by atoms with Gasteiger partial charge in [0.1, 0.15) is 6.72 Å². The van der Waals surface area contributed by atoms with Gasteiger partial charge in [-0.25, -0.2) is 0 Å². The minimum absolute atomic E-state index is 0.143. The van der Waals surface area contributed by atoms with E-state index in [0.717, 1.165) is 11.8 Å². The van der Waals surface area contributed by atoms with Crippen LogP contribution in [-0.2, 0) is 5.41 Å². The van der Waals surface area contributed by atoms with Crippen molar-refractivity contribution < 1.29 is 4.24 Å². The molecule has 0 amide bonds. The van der Waals surface area contributed by atoms with E-state index in [9.17, 15) is 0 Å². The van der Waals surface area contributed by atoms with Crippen LogP contribution in [0.2, 0.25) is 0 Å². The minimum Gasteiger partial charge on any atom is -0.173 e. The van der Waals surface area contributed by atoms with Crippen molar-refractivity contribution in [2.24, 2.45) is 0 Å². The quantitative estimate of drug-likeness (QED) is 0.245. The first-order valence-electron chi connectivity index (χ1n) is 10.9. The number of fused-ring (bicyclic) bond motifs is 3. The van der Waals surface area contributed by atoms with Crippen LogP contribution in [0, 0.1) is 17.3 Å². The van der Waals surface area contributed by atoms with Crippen molar-refractivity contribution in [3.05, 3.63) is 119 Å². The van der Waals surface area contributed by atoms with Gasteiger partial charge in [-0.15, -0.1) is 0 Å². The highest BCUT2D eigenvalue weighted by molar-refractivity contribution is 6.07. The molecule has 1 aliphatic rings. The molecule has 31 heavy (non-hydrogen) atoms. The van der Waals surface area contributed by atoms with Gasteiger partial charge in [-0.05, 0) is 57.2 Å². The standard InChI is InChI=1S/C30H28N/c1-30(2,3)25-15-17-26-24(20-25)14-16-28-27(26)18-19-31(4)29(28)23-12-10-22(11-13-23)21-8-6-5-7-9-21/h5-8,10-20H,4,9H2,1-3H3/q+1. The summed E-state index contributed by atoms with van der Waals surface area (Å²) in [5.74, 6) is 0. The third kappa shape index (κ3) is 3.51. The van der Waals surface area contributed by atoms with E-state index in [2.05, 4.69) is 119 Å². The van der Waals surface area contributed by atoms with Gasteiger partial charge in [0.25, 0.3) is 0 Å². The van der Waals surface area contributed by atoms with Crippen molar-refractivity contribution >= 4 is 27.1 Å². The van der Waals surface area contributed by atoms with E-state index in [1.54, 1.807) is 0 Å². The number of aromatic nitrogens is 1. The Bertz CT molecular complexity index is 1570. The first-order valence-corrected chi connectivity index (χ1v) is 10.9. The molecule has 5 rings (SSSR count). The molecular formula is C30H28N+. The van der Waals surface area contributed by atoms with Crippen molar-refractivity contribution in [3.63, 3.8) is 0 Å². The summed E-state index contributed by atoms with van der Waals surface area (Å²) in [7, 11) is 0. The monoisotopic (exact) mass is 402 g/mol. The molecule has 1 aliphatic carbocycles. The summed E-state index contributed by atoms with van der Waals surface area (Å²) in [6, 6.07) is 22.5. The topological polar surface area (TPSA) is 5.90 Å². The van der Waals surface area contributed by atoms with Crippen LogP contribution in [0.1, 0.15) is 32.8 Å². The highest BCUT2D eigenvalue weighted by atomic mass is 14.8. The van der Waals surface area contributed by atoms with E-state index in [1.807, 2.05) is 4.24 Å². The van der Waals surface area contributed by atoms with Crippen LogP contribution in [-0.4, -0.2) is 0 Å². The molecule has 152 valence electrons. The third-order valence-corrected chi connectivity index (χ3v) is 6.30. The molecule has 0 bridgehead atoms. The lowest BCUT2D eigenvalue weighted by atomic mass is 9.85. The summed E-state index contributed by atoms with van der Waals surface area (Å²) in [4.78, 5) is 0. The van der Waals surface area contributed by atoms with Crippen LogP contribution in [0.15, 0.2) is 91.2 Å². The number of allylic oxidation sites excluding steroid dienone is 4. The van der Waals surface area contributed by atoms with Crippen molar-refractivity contribution in [1.29, 1.82) is 0 Å². The molecule has 0 atom stereocenters. The van der Waals surface area contributed by atoms with Gasteiger partial charge in [0.15, 0.2) is 6.20 Å². The molecule has 0 radical (unpaired) electrons. The smallest absolute Gasteiger partial charge is 0.173 e. The predicted octanol–water partition coefficient (Wildman–Crippen LogP) is 6.17. The molecule has 1 nitrogen and oxygen atoms in total. The Morgan fingerprint density at radius 2 is 1.52 bits per heavy atom. The minimum atomic E-state index is 0.143. The molecule has 3 aromatic carbocycles. The lowest BCUT2D eigenvalue weighted by Gasteiger charge is -2.19. The Morgan fingerprint density at radius 1 is 0.774 bits per heavy atom. The molecule has 1 heterocycles. The number of pyridine rings is 1. The van der Waals surface area contributed by atoms with Crippen LogP contribution in [0.25, 0.3) is 27.1 Å². The SMILES string of the molecule is C=[n+]1ccc2c(ccc3cc(C(C)(C)C)ccc32)c1=c1ccc(=C2C=CC=CC2)cc1. The van der Waals surface area contributed by atoms with E-state index < -0.39 is 0 Å². The van der Waals surface area contributed by atoms with Crippen molar-refractivity contribution in [1.82, 2.24) is 0 Å². The zero-order valence-corrected chi connectivity index (χ0v) is 18.5. The molecule has 4 aromatic rings. The molecule has 1 aromatic heterocycles. The Hall–Kier alpha value is -3.45. The largest absolute Gasteiger partial charge is 0.225 e. The number of nitrogens with zero attached hydrogens (tertiary/aromatic N) is 1. The number of hydrogen-bond donors (Lipinski definition) is 0. The second-order valence-electron chi connectivity index (χ2n) is 9.44. The summed E-state index contributed by atoms with van der Waals surface area (Å²) in [5.41, 5.74) is 2.86. The fourth-order valence-electron chi connectivity index (χ4n) is 4.49. The van der Waals surface area contributed by atoms with Gasteiger partial charge in [0.2, 0.25) is 5.35 Å². The van der Waals surface area contributed by atoms with Gasteiger partial charge in [-0.2, -0.15) is 4.24 Å². The highest BCUT2D eigenvalue weighted by Gasteiger charge is 2.15. The first kappa shape index (κ1) is 19.5. The second-order valence-corrected chi connectivity index (χ2v) is 9.44. The fourth-order valence-corrected chi connectivity index (χ4v) is 4.49. The van der Waals surface area contributed by atoms with Gasteiger partial charge >= 0.3 is 0 Å². The third-order valence-electron chi connectivity index (χ3n) is 6.30. The highest BCUT2D eigenvalue weighted by Crippen LogP contribution is 2.30. The maximum absolute atomic E-state index is 4.28. The number of rotatable bonds is 0. The number of benzene rings is 3. The zero-order valence-electron chi connectivity index (χ0n) is 18.5. The van der Waals surface area contributed by atoms with Crippen LogP contribution in [0.3, 0.4) is 0 Å². The summed E-state index contributed by atoms with van der Waals surface area (Å²) >= 11 is 0. The maximum atomic E-state index is 4.28. The Balaban J connectivity index is 1.80. The van der Waals surface area contributed by atoms with Gasteiger partial charge in [-0.3, -0.25) is 0 Å². The maximum Gasteiger partial charge on any atom is 0.225 e. The Kier molecular flexibility index (Phi) is 4.63. The van der Waals surface area contributed by atoms with Gasteiger partial charge in [0.05, 0.1) is 5.39 Å². The number of hydrogen-bond acceptors (Lipinski definition) is 0. The molecule has 0 fully saturated rings. The molecule has 0 saturated heterocycles. The van der Waals surface area contributed by atoms with Gasteiger partial charge in [0, 0.05) is 16.7 Å². The zero-order chi connectivity index (χ0) is 21.6. The van der Waals surface area contributed by atoms with E-state index >= 15 is 0 Å². The first-order chi connectivity index (χ1) is 14.9. The molecular weight excluding hydrogens is 374 g/mol. The van der Waals surface area contributed by atoms with Crippen LogP contribution in [0.5, 0.6) is 0 Å². The van der Waals surface area contributed by atoms with Crippen molar-refractivity contribution in [2.45, 2.75) is 32.6 Å². The average Bonchev–Trinajstić information content (AvgIpc) is 2.78. The Labute approximate surface area is 183 Å². The molecule has 0 spiro atoms. The molecule has 1 heteroatoms. The van der Waals surface area contributed by atoms with E-state index in [4.69, 9.17) is 0 Å². The van der Waals surface area contributed by atoms with Gasteiger partial charge < -0.3 is 0 Å². The predicted molar refractivity (Wildman–Crippen MR) is 131 cm³/mol. The van der Waals surface area contributed by atoms with Gasteiger partial charge in [-0.1, -0.05) is 81.5 Å². The van der Waals surface area contributed by atoms with E-state index in [0.29, 0.717) is 0 Å². The summed E-state index contributed by atoms with van der Waals surface area (Å²) in [5, 5.41) is 8.69. The van der Waals surface area contributed by atoms with Crippen LogP contribution < -0.4 is 9.46 Å². The molecule has 0 aliphatic heterocycles. The fraction of sp³-hybridized carbons (Fsp3) is 0.167. The normalized spacial score (nSPS) is 14.0. The molecule has 0 unspecified atom stereocenters. The van der Waals surface area contributed by atoms with Crippen LogP contribution in [0.4, 0.5) is 0 Å². The van der Waals surface area contributed by atoms with Crippen molar-refractivity contribution in [3.8, 4) is 0 Å². The summed E-state index contributed by atoms with van der Waals surface area (Å²) in [6.07, 6.45) is 11.7. The average molecular weight is 403 g/mol. The van der Waals surface area contributed by atoms with E-state index in [1.165, 1.54) is 43.1 Å². The summed E-state index contributed by atoms with van der Waals surface area (Å²) in [6.45, 7) is 11.1. The van der Waals surface area contributed by atoms with Crippen molar-refractivity contribution in [2.75, 3.05) is 0 Å².